The first-order valence-corrected chi connectivity index (χ1v) is 11.6. The van der Waals surface area contributed by atoms with E-state index in [4.69, 9.17) is 0 Å². The van der Waals surface area contributed by atoms with Crippen molar-refractivity contribution >= 4 is 64.5 Å². The molecule has 0 aliphatic carbocycles. The number of anilines is 1. The summed E-state index contributed by atoms with van der Waals surface area (Å²) in [7, 11) is -3.57. The third-order valence-electron chi connectivity index (χ3n) is 3.74. The largest absolute Gasteiger partial charge is 0.279 e. The molecule has 4 nitrogen and oxygen atoms in total. The quantitative estimate of drug-likeness (QED) is 0.409. The van der Waals surface area contributed by atoms with Crippen molar-refractivity contribution in [1.82, 2.24) is 4.98 Å². The summed E-state index contributed by atoms with van der Waals surface area (Å²) in [4.78, 5) is 4.65. The predicted molar refractivity (Wildman–Crippen MR) is 113 cm³/mol. The van der Waals surface area contributed by atoms with E-state index >= 15 is 0 Å². The second kappa shape index (κ2) is 6.77. The maximum atomic E-state index is 12.4. The fourth-order valence-corrected chi connectivity index (χ4v) is 6.62. The molecular weight excluding hydrogens is 452 g/mol. The van der Waals surface area contributed by atoms with Gasteiger partial charge in [-0.15, -0.1) is 22.7 Å². The molecule has 0 atom stereocenters. The van der Waals surface area contributed by atoms with Gasteiger partial charge < -0.3 is 0 Å². The van der Waals surface area contributed by atoms with E-state index in [0.29, 0.717) is 5.69 Å². The van der Waals surface area contributed by atoms with Crippen molar-refractivity contribution in [2.24, 2.45) is 0 Å². The molecule has 26 heavy (non-hydrogen) atoms. The average Bonchev–Trinajstić information content (AvgIpc) is 3.21. The second-order valence-electron chi connectivity index (χ2n) is 5.73. The van der Waals surface area contributed by atoms with Crippen molar-refractivity contribution in [3.05, 3.63) is 63.9 Å². The summed E-state index contributed by atoms with van der Waals surface area (Å²) in [6.45, 7) is 2.06. The van der Waals surface area contributed by atoms with Gasteiger partial charge in [-0.3, -0.25) is 4.72 Å². The molecule has 8 heteroatoms. The zero-order valence-electron chi connectivity index (χ0n) is 13.6. The van der Waals surface area contributed by atoms with Gasteiger partial charge in [0, 0.05) is 11.3 Å². The van der Waals surface area contributed by atoms with Crippen molar-refractivity contribution in [2.75, 3.05) is 4.72 Å². The molecule has 1 N–H and O–H groups in total. The number of nitrogens with one attached hydrogen (secondary N) is 1. The van der Waals surface area contributed by atoms with Gasteiger partial charge in [-0.2, -0.15) is 0 Å². The Bertz CT molecular complexity index is 1190. The number of thiophene rings is 1. The first-order valence-electron chi connectivity index (χ1n) is 7.66. The van der Waals surface area contributed by atoms with Gasteiger partial charge in [-0.1, -0.05) is 6.07 Å². The lowest BCUT2D eigenvalue weighted by molar-refractivity contribution is 0.603. The Kier molecular flexibility index (Phi) is 4.60. The molecule has 0 bridgehead atoms. The number of rotatable bonds is 4. The fraction of sp³-hybridized carbons (Fsp3) is 0.0556. The number of thiazole rings is 1. The van der Waals surface area contributed by atoms with Crippen LogP contribution in [0.3, 0.4) is 0 Å². The van der Waals surface area contributed by atoms with E-state index in [1.807, 2.05) is 24.3 Å². The first kappa shape index (κ1) is 17.7. The lowest BCUT2D eigenvalue weighted by Gasteiger charge is -2.06. The van der Waals surface area contributed by atoms with Crippen LogP contribution < -0.4 is 4.72 Å². The predicted octanol–water partition coefficient (Wildman–Crippen LogP) is 5.90. The van der Waals surface area contributed by atoms with Gasteiger partial charge in [0.2, 0.25) is 0 Å². The van der Waals surface area contributed by atoms with Crippen molar-refractivity contribution in [3.8, 4) is 10.6 Å². The van der Waals surface area contributed by atoms with Crippen LogP contribution in [0.1, 0.15) is 5.56 Å². The van der Waals surface area contributed by atoms with Gasteiger partial charge in [-0.25, -0.2) is 13.4 Å². The van der Waals surface area contributed by atoms with Gasteiger partial charge >= 0.3 is 0 Å². The molecule has 0 saturated heterocycles. The maximum Gasteiger partial charge on any atom is 0.271 e. The number of aryl methyl sites for hydroxylation is 1. The second-order valence-corrected chi connectivity index (χ2v) is 11.1. The number of aromatic nitrogens is 1. The van der Waals surface area contributed by atoms with E-state index in [1.54, 1.807) is 35.6 Å². The highest BCUT2D eigenvalue weighted by Crippen LogP contribution is 2.32. The monoisotopic (exact) mass is 464 g/mol. The highest BCUT2D eigenvalue weighted by molar-refractivity contribution is 9.11. The van der Waals surface area contributed by atoms with E-state index in [2.05, 4.69) is 38.6 Å². The van der Waals surface area contributed by atoms with Crippen molar-refractivity contribution < 1.29 is 8.42 Å². The number of benzene rings is 2. The maximum absolute atomic E-state index is 12.4. The number of fused-ring (bicyclic) bond motifs is 1. The van der Waals surface area contributed by atoms with Gasteiger partial charge in [-0.05, 0) is 76.9 Å². The zero-order valence-corrected chi connectivity index (χ0v) is 17.6. The number of sulfonamides is 1. The van der Waals surface area contributed by atoms with Gasteiger partial charge in [0.1, 0.15) is 9.22 Å². The molecule has 4 aromatic rings. The number of hydrogen-bond acceptors (Lipinski definition) is 5. The molecule has 0 aliphatic heterocycles. The molecule has 2 aromatic heterocycles. The van der Waals surface area contributed by atoms with Crippen LogP contribution in [-0.2, 0) is 10.0 Å². The van der Waals surface area contributed by atoms with Crippen LogP contribution in [0.25, 0.3) is 20.8 Å². The molecule has 2 aromatic carbocycles. The summed E-state index contributed by atoms with van der Waals surface area (Å²) < 4.78 is 29.6. The molecular formula is C18H13BrN2O2S3. The molecule has 0 saturated carbocycles. The topological polar surface area (TPSA) is 59.1 Å². The Hall–Kier alpha value is -1.74. The molecule has 4 rings (SSSR count). The summed E-state index contributed by atoms with van der Waals surface area (Å²) >= 11 is 6.09. The molecule has 0 aliphatic rings. The van der Waals surface area contributed by atoms with Crippen LogP contribution in [0.15, 0.2) is 62.6 Å². The van der Waals surface area contributed by atoms with Crippen LogP contribution >= 0.6 is 38.6 Å². The standard InChI is InChI=1S/C18H13BrN2O2S3/c1-11-2-7-14-15(10-11)24-18(20-14)12-3-5-13(6-4-12)21-26(22,23)17-9-8-16(19)25-17/h2-10,21H,1H3. The number of hydrogen-bond donors (Lipinski definition) is 1. The Balaban J connectivity index is 1.60. The number of nitrogens with zero attached hydrogens (tertiary/aromatic N) is 1. The van der Waals surface area contributed by atoms with Gasteiger partial charge in [0.15, 0.2) is 0 Å². The van der Waals surface area contributed by atoms with Crippen LogP contribution in [0.5, 0.6) is 0 Å². The van der Waals surface area contributed by atoms with Gasteiger partial charge in [0.05, 0.1) is 14.0 Å². The third kappa shape index (κ3) is 3.55. The van der Waals surface area contributed by atoms with Crippen LogP contribution in [0.4, 0.5) is 5.69 Å². The molecule has 0 unspecified atom stereocenters. The lowest BCUT2D eigenvalue weighted by Crippen LogP contribution is -2.11. The Morgan fingerprint density at radius 3 is 2.46 bits per heavy atom. The Labute approximate surface area is 167 Å². The van der Waals surface area contributed by atoms with Crippen LogP contribution in [0, 0.1) is 6.92 Å². The summed E-state index contributed by atoms with van der Waals surface area (Å²) in [5.41, 5.74) is 3.67. The summed E-state index contributed by atoms with van der Waals surface area (Å²) in [6, 6.07) is 16.8. The SMILES string of the molecule is Cc1ccc2nc(-c3ccc(NS(=O)(=O)c4ccc(Br)s4)cc3)sc2c1. The Morgan fingerprint density at radius 1 is 1.00 bits per heavy atom. The third-order valence-corrected chi connectivity index (χ3v) is 8.31. The minimum atomic E-state index is -3.57. The molecule has 0 amide bonds. The minimum absolute atomic E-state index is 0.273. The van der Waals surface area contributed by atoms with E-state index < -0.39 is 10.0 Å². The molecule has 0 spiro atoms. The summed E-state index contributed by atoms with van der Waals surface area (Å²) in [6.07, 6.45) is 0. The molecule has 0 fully saturated rings. The molecule has 0 radical (unpaired) electrons. The molecule has 2 heterocycles. The van der Waals surface area contributed by atoms with E-state index in [0.717, 1.165) is 24.6 Å². The number of halogens is 1. The van der Waals surface area contributed by atoms with E-state index in [1.165, 1.54) is 16.9 Å². The van der Waals surface area contributed by atoms with Crippen molar-refractivity contribution in [1.29, 1.82) is 0 Å². The van der Waals surface area contributed by atoms with Crippen molar-refractivity contribution in [2.45, 2.75) is 11.1 Å². The average molecular weight is 465 g/mol. The van der Waals surface area contributed by atoms with Gasteiger partial charge in [0.25, 0.3) is 10.0 Å². The minimum Gasteiger partial charge on any atom is -0.279 e. The zero-order chi connectivity index (χ0) is 18.3. The summed E-state index contributed by atoms with van der Waals surface area (Å²) in [5.74, 6) is 0. The summed E-state index contributed by atoms with van der Waals surface area (Å²) in [5, 5.41) is 0.919. The normalized spacial score (nSPS) is 11.8. The van der Waals surface area contributed by atoms with E-state index in [9.17, 15) is 8.42 Å². The van der Waals surface area contributed by atoms with E-state index in [-0.39, 0.29) is 4.21 Å². The highest BCUT2D eigenvalue weighted by atomic mass is 79.9. The van der Waals surface area contributed by atoms with Crippen molar-refractivity contribution in [3.63, 3.8) is 0 Å². The highest BCUT2D eigenvalue weighted by Gasteiger charge is 2.16. The van der Waals surface area contributed by atoms with Crippen LogP contribution in [-0.4, -0.2) is 13.4 Å². The lowest BCUT2D eigenvalue weighted by atomic mass is 10.2. The van der Waals surface area contributed by atoms with Crippen LogP contribution in [0.2, 0.25) is 0 Å². The molecule has 132 valence electrons. The Morgan fingerprint density at radius 2 is 1.77 bits per heavy atom. The first-order chi connectivity index (χ1) is 12.4. The fourth-order valence-electron chi connectivity index (χ4n) is 2.48. The smallest absolute Gasteiger partial charge is 0.271 e.